The minimum atomic E-state index is -1.09. The molecular weight excluding hydrogens is 228 g/mol. The van der Waals surface area contributed by atoms with E-state index in [1.54, 1.807) is 6.07 Å². The number of aromatic hydroxyl groups is 1. The lowest BCUT2D eigenvalue weighted by molar-refractivity contribution is 0.0158. The number of benzene rings is 1. The molecule has 0 aliphatic rings. The van der Waals surface area contributed by atoms with Crippen LogP contribution in [0.1, 0.15) is 18.1 Å². The number of aliphatic hydroxyl groups excluding tert-OH is 2. The topological polar surface area (TPSA) is 69.9 Å². The van der Waals surface area contributed by atoms with Crippen molar-refractivity contribution in [3.63, 3.8) is 0 Å². The van der Waals surface area contributed by atoms with Gasteiger partial charge in [-0.05, 0) is 30.4 Å². The quantitative estimate of drug-likeness (QED) is 0.586. The molecule has 0 saturated carbocycles. The maximum absolute atomic E-state index is 9.88. The maximum Gasteiger partial charge on any atom is 0.125 e. The third-order valence-corrected chi connectivity index (χ3v) is 2.58. The summed E-state index contributed by atoms with van der Waals surface area (Å²) in [5.41, 5.74) is 0.372. The number of thiol groups is 1. The Morgan fingerprint density at radius 2 is 2.06 bits per heavy atom. The lowest BCUT2D eigenvalue weighted by Gasteiger charge is -2.19. The van der Waals surface area contributed by atoms with Gasteiger partial charge >= 0.3 is 0 Å². The molecule has 0 aliphatic carbocycles. The van der Waals surface area contributed by atoms with E-state index in [0.29, 0.717) is 23.5 Å². The van der Waals surface area contributed by atoms with Crippen LogP contribution in [0, 0.1) is 0 Å². The number of phenolic OH excluding ortho intramolecular Hbond substituents is 1. The van der Waals surface area contributed by atoms with Crippen LogP contribution in [0.15, 0.2) is 18.2 Å². The molecule has 0 amide bonds. The van der Waals surface area contributed by atoms with Gasteiger partial charge in [-0.25, -0.2) is 0 Å². The molecule has 0 fully saturated rings. The molecule has 0 aromatic heterocycles. The standard InChI is InChI=1S/C11H16O4S/c1-15-10-3-2-7(12)6-8(10)11(14)9(13)4-5-16/h2-3,6,9,11-14,16H,4-5H2,1H3. The second-order valence-corrected chi connectivity index (χ2v) is 3.90. The minimum Gasteiger partial charge on any atom is -0.508 e. The number of methoxy groups -OCH3 is 1. The Bertz CT molecular complexity index is 343. The molecule has 0 saturated heterocycles. The van der Waals surface area contributed by atoms with E-state index in [0.717, 1.165) is 0 Å². The highest BCUT2D eigenvalue weighted by molar-refractivity contribution is 7.80. The molecule has 2 atom stereocenters. The molecule has 3 N–H and O–H groups in total. The number of rotatable bonds is 5. The van der Waals surface area contributed by atoms with Crippen LogP contribution in [-0.4, -0.2) is 34.3 Å². The lowest BCUT2D eigenvalue weighted by Crippen LogP contribution is -2.19. The van der Waals surface area contributed by atoms with Gasteiger partial charge in [-0.15, -0.1) is 0 Å². The van der Waals surface area contributed by atoms with Gasteiger partial charge in [0.2, 0.25) is 0 Å². The van der Waals surface area contributed by atoms with Gasteiger partial charge in [-0.2, -0.15) is 12.6 Å². The lowest BCUT2D eigenvalue weighted by atomic mass is 10.0. The van der Waals surface area contributed by atoms with Crippen molar-refractivity contribution in [3.05, 3.63) is 23.8 Å². The second-order valence-electron chi connectivity index (χ2n) is 3.45. The Balaban J connectivity index is 2.96. The fourth-order valence-electron chi connectivity index (χ4n) is 1.45. The molecule has 0 bridgehead atoms. The van der Waals surface area contributed by atoms with Gasteiger partial charge in [0.25, 0.3) is 0 Å². The molecule has 5 heteroatoms. The van der Waals surface area contributed by atoms with Gasteiger partial charge in [-0.1, -0.05) is 0 Å². The van der Waals surface area contributed by atoms with Crippen LogP contribution in [0.2, 0.25) is 0 Å². The summed E-state index contributed by atoms with van der Waals surface area (Å²) < 4.78 is 5.05. The van der Waals surface area contributed by atoms with Crippen LogP contribution < -0.4 is 4.74 Å². The molecule has 2 unspecified atom stereocenters. The zero-order valence-electron chi connectivity index (χ0n) is 9.00. The highest BCUT2D eigenvalue weighted by Gasteiger charge is 2.21. The average Bonchev–Trinajstić information content (AvgIpc) is 2.28. The first-order chi connectivity index (χ1) is 7.60. The van der Waals surface area contributed by atoms with Crippen LogP contribution in [-0.2, 0) is 0 Å². The largest absolute Gasteiger partial charge is 0.508 e. The van der Waals surface area contributed by atoms with E-state index in [-0.39, 0.29) is 5.75 Å². The van der Waals surface area contributed by atoms with E-state index in [2.05, 4.69) is 12.6 Å². The number of hydrogen-bond acceptors (Lipinski definition) is 5. The van der Waals surface area contributed by atoms with Crippen molar-refractivity contribution >= 4 is 12.6 Å². The zero-order valence-corrected chi connectivity index (χ0v) is 9.89. The minimum absolute atomic E-state index is 0.0212. The molecule has 16 heavy (non-hydrogen) atoms. The van der Waals surface area contributed by atoms with Crippen molar-refractivity contribution in [2.75, 3.05) is 12.9 Å². The Morgan fingerprint density at radius 1 is 1.38 bits per heavy atom. The third kappa shape index (κ3) is 3.04. The van der Waals surface area contributed by atoms with Crippen LogP contribution in [0.25, 0.3) is 0 Å². The maximum atomic E-state index is 9.88. The number of aliphatic hydroxyl groups is 2. The van der Waals surface area contributed by atoms with Gasteiger partial charge in [0.1, 0.15) is 17.6 Å². The Kier molecular flexibility index (Phi) is 4.92. The van der Waals surface area contributed by atoms with Crippen molar-refractivity contribution < 1.29 is 20.1 Å². The third-order valence-electron chi connectivity index (χ3n) is 2.32. The van der Waals surface area contributed by atoms with Crippen molar-refractivity contribution in [2.45, 2.75) is 18.6 Å². The van der Waals surface area contributed by atoms with Gasteiger partial charge in [0.05, 0.1) is 13.2 Å². The second kappa shape index (κ2) is 5.98. The van der Waals surface area contributed by atoms with Gasteiger partial charge in [0.15, 0.2) is 0 Å². The Hall–Kier alpha value is -0.910. The fourth-order valence-corrected chi connectivity index (χ4v) is 1.71. The van der Waals surface area contributed by atoms with Crippen LogP contribution >= 0.6 is 12.6 Å². The summed E-state index contributed by atoms with van der Waals surface area (Å²) in [6.07, 6.45) is -1.65. The van der Waals surface area contributed by atoms with Gasteiger partial charge < -0.3 is 20.1 Å². The van der Waals surface area contributed by atoms with E-state index < -0.39 is 12.2 Å². The summed E-state index contributed by atoms with van der Waals surface area (Å²) in [5.74, 6) is 0.927. The Labute approximate surface area is 99.9 Å². The van der Waals surface area contributed by atoms with Crippen molar-refractivity contribution in [1.82, 2.24) is 0 Å². The van der Waals surface area contributed by atoms with Crippen LogP contribution in [0.4, 0.5) is 0 Å². The molecule has 4 nitrogen and oxygen atoms in total. The molecular formula is C11H16O4S. The number of phenols is 1. The fraction of sp³-hybridized carbons (Fsp3) is 0.455. The van der Waals surface area contributed by atoms with Crippen molar-refractivity contribution in [3.8, 4) is 11.5 Å². The smallest absolute Gasteiger partial charge is 0.125 e. The van der Waals surface area contributed by atoms with E-state index in [1.165, 1.54) is 19.2 Å². The molecule has 1 aromatic rings. The molecule has 0 aliphatic heterocycles. The SMILES string of the molecule is COc1ccc(O)cc1C(O)C(O)CCS. The first kappa shape index (κ1) is 13.2. The van der Waals surface area contributed by atoms with Crippen molar-refractivity contribution in [1.29, 1.82) is 0 Å². The molecule has 1 rings (SSSR count). The molecule has 90 valence electrons. The van der Waals surface area contributed by atoms with E-state index in [1.807, 2.05) is 0 Å². The molecule has 0 heterocycles. The summed E-state index contributed by atoms with van der Waals surface area (Å²) in [7, 11) is 1.47. The van der Waals surface area contributed by atoms with E-state index in [4.69, 9.17) is 4.74 Å². The normalized spacial score (nSPS) is 14.5. The summed E-state index contributed by atoms with van der Waals surface area (Å²) in [6.45, 7) is 0. The first-order valence-electron chi connectivity index (χ1n) is 4.94. The van der Waals surface area contributed by atoms with Crippen molar-refractivity contribution in [2.24, 2.45) is 0 Å². The number of ether oxygens (including phenoxy) is 1. The summed E-state index contributed by atoms with van der Waals surface area (Å²) in [6, 6.07) is 4.38. The van der Waals surface area contributed by atoms with Crippen LogP contribution in [0.5, 0.6) is 11.5 Å². The van der Waals surface area contributed by atoms with E-state index in [9.17, 15) is 15.3 Å². The predicted molar refractivity (Wildman–Crippen MR) is 64.1 cm³/mol. The van der Waals surface area contributed by atoms with Gasteiger partial charge in [0, 0.05) is 5.56 Å². The van der Waals surface area contributed by atoms with E-state index >= 15 is 0 Å². The molecule has 0 radical (unpaired) electrons. The summed E-state index contributed by atoms with van der Waals surface area (Å²) in [4.78, 5) is 0. The highest BCUT2D eigenvalue weighted by atomic mass is 32.1. The Morgan fingerprint density at radius 3 is 2.62 bits per heavy atom. The summed E-state index contributed by atoms with van der Waals surface area (Å²) >= 11 is 3.98. The summed E-state index contributed by atoms with van der Waals surface area (Å²) in [5, 5.41) is 28.9. The molecule has 0 spiro atoms. The predicted octanol–water partition coefficient (Wildman–Crippen LogP) is 1.11. The molecule has 1 aromatic carbocycles. The van der Waals surface area contributed by atoms with Gasteiger partial charge in [-0.3, -0.25) is 0 Å². The van der Waals surface area contributed by atoms with Crippen LogP contribution in [0.3, 0.4) is 0 Å². The average molecular weight is 244 g/mol. The first-order valence-corrected chi connectivity index (χ1v) is 5.57. The monoisotopic (exact) mass is 244 g/mol. The number of hydrogen-bond donors (Lipinski definition) is 4. The zero-order chi connectivity index (χ0) is 12.1. The highest BCUT2D eigenvalue weighted by Crippen LogP contribution is 2.31.